The first kappa shape index (κ1) is 13.9. The van der Waals surface area contributed by atoms with E-state index >= 15 is 0 Å². The van der Waals surface area contributed by atoms with Crippen molar-refractivity contribution in [3.63, 3.8) is 0 Å². The van der Waals surface area contributed by atoms with Gasteiger partial charge in [0.05, 0.1) is 11.4 Å². The van der Waals surface area contributed by atoms with Crippen molar-refractivity contribution in [3.05, 3.63) is 24.3 Å². The summed E-state index contributed by atoms with van der Waals surface area (Å²) < 4.78 is 0. The van der Waals surface area contributed by atoms with Gasteiger partial charge in [-0.1, -0.05) is 26.0 Å². The summed E-state index contributed by atoms with van der Waals surface area (Å²) in [6.45, 7) is 5.75. The van der Waals surface area contributed by atoms with Crippen LogP contribution < -0.4 is 10.2 Å². The zero-order chi connectivity index (χ0) is 14.0. The quantitative estimate of drug-likeness (QED) is 0.901. The fourth-order valence-electron chi connectivity index (χ4n) is 2.33. The van der Waals surface area contributed by atoms with Crippen LogP contribution in [0.2, 0.25) is 0 Å². The Morgan fingerprint density at radius 2 is 2.00 bits per heavy atom. The van der Waals surface area contributed by atoms with Gasteiger partial charge >= 0.3 is 0 Å². The van der Waals surface area contributed by atoms with Crippen molar-refractivity contribution in [2.75, 3.05) is 37.4 Å². The lowest BCUT2D eigenvalue weighted by Gasteiger charge is -2.37. The SMILES string of the molecule is CC(C)C1Nc2ccccc2N(CCN(C)C)C1=O. The summed E-state index contributed by atoms with van der Waals surface area (Å²) in [6, 6.07) is 7.90. The first-order valence-corrected chi connectivity index (χ1v) is 6.82. The van der Waals surface area contributed by atoms with E-state index in [2.05, 4.69) is 24.1 Å². The molecule has 1 amide bonds. The first-order valence-electron chi connectivity index (χ1n) is 6.82. The van der Waals surface area contributed by atoms with Gasteiger partial charge in [0.15, 0.2) is 0 Å². The molecule has 0 saturated carbocycles. The normalized spacial score (nSPS) is 18.7. The fraction of sp³-hybridized carbons (Fsp3) is 0.533. The van der Waals surface area contributed by atoms with Crippen LogP contribution in [-0.2, 0) is 4.79 Å². The summed E-state index contributed by atoms with van der Waals surface area (Å²) in [6.07, 6.45) is 0. The molecule has 1 aromatic rings. The van der Waals surface area contributed by atoms with Gasteiger partial charge in [-0.3, -0.25) is 4.79 Å². The van der Waals surface area contributed by atoms with Crippen molar-refractivity contribution in [1.29, 1.82) is 0 Å². The van der Waals surface area contributed by atoms with Gasteiger partial charge in [0, 0.05) is 13.1 Å². The van der Waals surface area contributed by atoms with Crippen LogP contribution >= 0.6 is 0 Å². The molecule has 19 heavy (non-hydrogen) atoms. The van der Waals surface area contributed by atoms with Gasteiger partial charge in [0.2, 0.25) is 5.91 Å². The minimum Gasteiger partial charge on any atom is -0.372 e. The molecule has 1 aromatic carbocycles. The van der Waals surface area contributed by atoms with Crippen LogP contribution in [0.1, 0.15) is 13.8 Å². The Bertz CT molecular complexity index is 456. The summed E-state index contributed by atoms with van der Waals surface area (Å²) in [5, 5.41) is 3.36. The Balaban J connectivity index is 2.30. The minimum atomic E-state index is -0.128. The van der Waals surface area contributed by atoms with Gasteiger partial charge < -0.3 is 15.1 Å². The highest BCUT2D eigenvalue weighted by atomic mass is 16.2. The molecule has 0 radical (unpaired) electrons. The predicted octanol–water partition coefficient (Wildman–Crippen LogP) is 2.03. The largest absolute Gasteiger partial charge is 0.372 e. The number of likely N-dealkylation sites (N-methyl/N-ethyl adjacent to an activating group) is 1. The van der Waals surface area contributed by atoms with E-state index < -0.39 is 0 Å². The Morgan fingerprint density at radius 1 is 1.32 bits per heavy atom. The monoisotopic (exact) mass is 261 g/mol. The zero-order valence-corrected chi connectivity index (χ0v) is 12.2. The maximum Gasteiger partial charge on any atom is 0.249 e. The lowest BCUT2D eigenvalue weighted by atomic mass is 9.99. The molecule has 4 heteroatoms. The number of hydrogen-bond acceptors (Lipinski definition) is 3. The predicted molar refractivity (Wildman–Crippen MR) is 79.6 cm³/mol. The van der Waals surface area contributed by atoms with Gasteiger partial charge in [0.25, 0.3) is 0 Å². The van der Waals surface area contributed by atoms with E-state index in [1.54, 1.807) is 0 Å². The summed E-state index contributed by atoms with van der Waals surface area (Å²) >= 11 is 0. The Kier molecular flexibility index (Phi) is 4.10. The van der Waals surface area contributed by atoms with Crippen molar-refractivity contribution in [2.24, 2.45) is 5.92 Å². The van der Waals surface area contributed by atoms with Crippen molar-refractivity contribution < 1.29 is 4.79 Å². The molecular formula is C15H23N3O. The standard InChI is InChI=1S/C15H23N3O/c1-11(2)14-15(19)18(10-9-17(3)4)13-8-6-5-7-12(13)16-14/h5-8,11,14,16H,9-10H2,1-4H3. The van der Waals surface area contributed by atoms with Crippen LogP contribution in [0.5, 0.6) is 0 Å². The molecule has 0 fully saturated rings. The van der Waals surface area contributed by atoms with E-state index in [-0.39, 0.29) is 17.9 Å². The number of carbonyl (C=O) groups excluding carboxylic acids is 1. The number of nitrogens with zero attached hydrogens (tertiary/aromatic N) is 2. The Labute approximate surface area is 115 Å². The lowest BCUT2D eigenvalue weighted by molar-refractivity contribution is -0.120. The maximum atomic E-state index is 12.6. The average Bonchev–Trinajstić information content (AvgIpc) is 2.36. The third-order valence-electron chi connectivity index (χ3n) is 3.48. The highest BCUT2D eigenvalue weighted by Crippen LogP contribution is 2.32. The molecule has 0 spiro atoms. The van der Waals surface area contributed by atoms with Crippen LogP contribution in [0.3, 0.4) is 0 Å². The molecule has 104 valence electrons. The van der Waals surface area contributed by atoms with Crippen LogP contribution in [0, 0.1) is 5.92 Å². The molecule has 1 heterocycles. The molecule has 0 aromatic heterocycles. The molecule has 0 bridgehead atoms. The molecule has 1 aliphatic rings. The third kappa shape index (κ3) is 2.89. The van der Waals surface area contributed by atoms with Crippen LogP contribution in [0.4, 0.5) is 11.4 Å². The zero-order valence-electron chi connectivity index (χ0n) is 12.2. The van der Waals surface area contributed by atoms with E-state index in [1.807, 2.05) is 43.3 Å². The van der Waals surface area contributed by atoms with Crippen molar-refractivity contribution in [2.45, 2.75) is 19.9 Å². The number of carbonyl (C=O) groups is 1. The highest BCUT2D eigenvalue weighted by Gasteiger charge is 2.33. The van der Waals surface area contributed by atoms with Crippen LogP contribution in [-0.4, -0.2) is 44.0 Å². The van der Waals surface area contributed by atoms with E-state index in [9.17, 15) is 4.79 Å². The number of para-hydroxylation sites is 2. The number of hydrogen-bond donors (Lipinski definition) is 1. The van der Waals surface area contributed by atoms with Crippen molar-refractivity contribution >= 4 is 17.3 Å². The van der Waals surface area contributed by atoms with E-state index in [0.717, 1.165) is 24.5 Å². The Hall–Kier alpha value is -1.55. The molecule has 4 nitrogen and oxygen atoms in total. The number of amides is 1. The lowest BCUT2D eigenvalue weighted by Crippen LogP contribution is -2.51. The van der Waals surface area contributed by atoms with Crippen LogP contribution in [0.15, 0.2) is 24.3 Å². The number of rotatable bonds is 4. The molecule has 0 aliphatic carbocycles. The topological polar surface area (TPSA) is 35.6 Å². The second-order valence-electron chi connectivity index (χ2n) is 5.68. The highest BCUT2D eigenvalue weighted by molar-refractivity contribution is 6.05. The number of anilines is 2. The summed E-state index contributed by atoms with van der Waals surface area (Å²) in [5.74, 6) is 0.457. The van der Waals surface area contributed by atoms with Gasteiger partial charge in [-0.15, -0.1) is 0 Å². The minimum absolute atomic E-state index is 0.128. The molecular weight excluding hydrogens is 238 g/mol. The molecule has 1 N–H and O–H groups in total. The first-order chi connectivity index (χ1) is 9.00. The number of fused-ring (bicyclic) bond motifs is 1. The second kappa shape index (κ2) is 5.61. The van der Waals surface area contributed by atoms with E-state index in [1.165, 1.54) is 0 Å². The third-order valence-corrected chi connectivity index (χ3v) is 3.48. The smallest absolute Gasteiger partial charge is 0.249 e. The molecule has 1 unspecified atom stereocenters. The van der Waals surface area contributed by atoms with Gasteiger partial charge in [-0.25, -0.2) is 0 Å². The summed E-state index contributed by atoms with van der Waals surface area (Å²) in [5.41, 5.74) is 2.05. The number of nitrogens with one attached hydrogen (secondary N) is 1. The molecule has 1 atom stereocenters. The van der Waals surface area contributed by atoms with E-state index in [4.69, 9.17) is 0 Å². The van der Waals surface area contributed by atoms with Crippen LogP contribution in [0.25, 0.3) is 0 Å². The van der Waals surface area contributed by atoms with E-state index in [0.29, 0.717) is 0 Å². The van der Waals surface area contributed by atoms with Gasteiger partial charge in [-0.05, 0) is 32.1 Å². The fourth-order valence-corrected chi connectivity index (χ4v) is 2.33. The average molecular weight is 261 g/mol. The maximum absolute atomic E-state index is 12.6. The number of benzene rings is 1. The second-order valence-corrected chi connectivity index (χ2v) is 5.68. The van der Waals surface area contributed by atoms with Crippen molar-refractivity contribution in [1.82, 2.24) is 4.90 Å². The van der Waals surface area contributed by atoms with Gasteiger partial charge in [-0.2, -0.15) is 0 Å². The van der Waals surface area contributed by atoms with Gasteiger partial charge in [0.1, 0.15) is 6.04 Å². The molecule has 1 aliphatic heterocycles. The Morgan fingerprint density at radius 3 is 2.63 bits per heavy atom. The molecule has 2 rings (SSSR count). The van der Waals surface area contributed by atoms with Crippen molar-refractivity contribution in [3.8, 4) is 0 Å². The molecule has 0 saturated heterocycles. The summed E-state index contributed by atoms with van der Waals surface area (Å²) in [4.78, 5) is 16.6. The summed E-state index contributed by atoms with van der Waals surface area (Å²) in [7, 11) is 4.05.